The van der Waals surface area contributed by atoms with E-state index in [1.54, 1.807) is 24.4 Å². The lowest BCUT2D eigenvalue weighted by Crippen LogP contribution is -2.17. The Morgan fingerprint density at radius 1 is 0.969 bits per heavy atom. The molecule has 4 aromatic rings. The van der Waals surface area contributed by atoms with Gasteiger partial charge in [0.25, 0.3) is 5.91 Å². The van der Waals surface area contributed by atoms with Crippen LogP contribution < -0.4 is 10.6 Å². The molecule has 32 heavy (non-hydrogen) atoms. The number of nitrogens with one attached hydrogen (secondary N) is 1. The van der Waals surface area contributed by atoms with Gasteiger partial charge in [0.15, 0.2) is 0 Å². The van der Waals surface area contributed by atoms with Gasteiger partial charge in [-0.1, -0.05) is 30.3 Å². The maximum absolute atomic E-state index is 12.5. The van der Waals surface area contributed by atoms with E-state index in [4.69, 9.17) is 5.14 Å². The van der Waals surface area contributed by atoms with E-state index in [1.807, 2.05) is 60.9 Å². The molecule has 162 valence electrons. The summed E-state index contributed by atoms with van der Waals surface area (Å²) in [5, 5.41) is 11.3. The third-order valence-electron chi connectivity index (χ3n) is 5.28. The first kappa shape index (κ1) is 21.5. The summed E-state index contributed by atoms with van der Waals surface area (Å²) >= 11 is 0. The van der Waals surface area contributed by atoms with Gasteiger partial charge in [0.2, 0.25) is 10.0 Å². The molecule has 0 aliphatic carbocycles. The Kier molecular flexibility index (Phi) is 5.65. The van der Waals surface area contributed by atoms with Crippen LogP contribution in [0.1, 0.15) is 27.3 Å². The van der Waals surface area contributed by atoms with Crippen LogP contribution in [0.5, 0.6) is 0 Å². The van der Waals surface area contributed by atoms with Crippen LogP contribution in [0, 0.1) is 13.8 Å². The van der Waals surface area contributed by atoms with Gasteiger partial charge in [-0.25, -0.2) is 19.0 Å². The second-order valence-corrected chi connectivity index (χ2v) is 9.02. The van der Waals surface area contributed by atoms with Gasteiger partial charge < -0.3 is 4.57 Å². The van der Waals surface area contributed by atoms with Crippen molar-refractivity contribution in [2.75, 3.05) is 0 Å². The highest BCUT2D eigenvalue weighted by Crippen LogP contribution is 2.21. The number of rotatable bonds is 5. The third-order valence-corrected chi connectivity index (χ3v) is 6.20. The molecule has 0 spiro atoms. The lowest BCUT2D eigenvalue weighted by atomic mass is 10.1. The van der Waals surface area contributed by atoms with E-state index in [0.717, 1.165) is 33.4 Å². The van der Waals surface area contributed by atoms with Crippen molar-refractivity contribution >= 4 is 32.9 Å². The molecule has 0 fully saturated rings. The minimum atomic E-state index is -3.74. The molecule has 3 aromatic carbocycles. The summed E-state index contributed by atoms with van der Waals surface area (Å²) in [5.41, 5.74) is 6.57. The van der Waals surface area contributed by atoms with E-state index < -0.39 is 10.0 Å². The van der Waals surface area contributed by atoms with Crippen LogP contribution in [0.3, 0.4) is 0 Å². The predicted octanol–water partition coefficient (Wildman–Crippen LogP) is 3.66. The third kappa shape index (κ3) is 4.32. The van der Waals surface area contributed by atoms with Gasteiger partial charge in [-0.3, -0.25) is 4.79 Å². The second kappa shape index (κ2) is 8.41. The summed E-state index contributed by atoms with van der Waals surface area (Å²) in [7, 11) is -3.74. The van der Waals surface area contributed by atoms with Gasteiger partial charge in [-0.2, -0.15) is 5.10 Å². The smallest absolute Gasteiger partial charge is 0.271 e. The molecule has 0 bridgehead atoms. The van der Waals surface area contributed by atoms with E-state index in [1.165, 1.54) is 12.1 Å². The number of benzene rings is 3. The molecule has 0 saturated heterocycles. The number of hydrazone groups is 1. The van der Waals surface area contributed by atoms with Crippen LogP contribution in [0.25, 0.3) is 16.5 Å². The van der Waals surface area contributed by atoms with E-state index in [9.17, 15) is 13.2 Å². The van der Waals surface area contributed by atoms with Crippen molar-refractivity contribution in [3.05, 3.63) is 95.3 Å². The zero-order valence-corrected chi connectivity index (χ0v) is 18.4. The molecule has 0 aliphatic rings. The highest BCUT2D eigenvalue weighted by atomic mass is 32.2. The average Bonchev–Trinajstić information content (AvgIpc) is 3.05. The van der Waals surface area contributed by atoms with Crippen LogP contribution in [-0.4, -0.2) is 25.1 Å². The first-order valence-corrected chi connectivity index (χ1v) is 11.4. The first-order valence-electron chi connectivity index (χ1n) is 9.88. The number of hydrogen-bond acceptors (Lipinski definition) is 4. The van der Waals surface area contributed by atoms with E-state index >= 15 is 0 Å². The average molecular weight is 447 g/mol. The Labute approximate surface area is 186 Å². The van der Waals surface area contributed by atoms with E-state index in [-0.39, 0.29) is 10.8 Å². The van der Waals surface area contributed by atoms with Crippen molar-refractivity contribution in [1.82, 2.24) is 9.99 Å². The number of fused-ring (bicyclic) bond motifs is 1. The maximum atomic E-state index is 12.5. The maximum Gasteiger partial charge on any atom is 0.271 e. The molecule has 4 rings (SSSR count). The summed E-state index contributed by atoms with van der Waals surface area (Å²) < 4.78 is 24.9. The zero-order valence-electron chi connectivity index (χ0n) is 17.6. The van der Waals surface area contributed by atoms with Gasteiger partial charge in [0.05, 0.1) is 11.1 Å². The Balaban J connectivity index is 1.52. The van der Waals surface area contributed by atoms with Crippen molar-refractivity contribution in [2.45, 2.75) is 18.7 Å². The normalized spacial score (nSPS) is 11.8. The largest absolute Gasteiger partial charge is 0.318 e. The van der Waals surface area contributed by atoms with E-state index in [2.05, 4.69) is 10.5 Å². The summed E-state index contributed by atoms with van der Waals surface area (Å²) in [5.74, 6) is -0.292. The zero-order chi connectivity index (χ0) is 22.9. The van der Waals surface area contributed by atoms with Gasteiger partial charge in [0.1, 0.15) is 0 Å². The topological polar surface area (TPSA) is 107 Å². The molecule has 0 radical (unpaired) electrons. The SMILES string of the molecule is Cc1cc(/C=N/NC(=O)c2ccc3ccccc3c2)c(C)n1-c1ccc(S(N)(=O)=O)cc1. The monoisotopic (exact) mass is 446 g/mol. The number of nitrogens with zero attached hydrogens (tertiary/aromatic N) is 2. The molecule has 8 heteroatoms. The lowest BCUT2D eigenvalue weighted by molar-refractivity contribution is 0.0955. The number of amides is 1. The number of carbonyl (C=O) groups excluding carboxylic acids is 1. The summed E-state index contributed by atoms with van der Waals surface area (Å²) in [6, 6.07) is 21.6. The van der Waals surface area contributed by atoms with Gasteiger partial charge >= 0.3 is 0 Å². The summed E-state index contributed by atoms with van der Waals surface area (Å²) in [6.45, 7) is 3.86. The lowest BCUT2D eigenvalue weighted by Gasteiger charge is -2.10. The second-order valence-electron chi connectivity index (χ2n) is 7.46. The Bertz CT molecular complexity index is 1450. The molecule has 0 saturated carbocycles. The van der Waals surface area contributed by atoms with Gasteiger partial charge in [-0.15, -0.1) is 0 Å². The fraction of sp³-hybridized carbons (Fsp3) is 0.0833. The predicted molar refractivity (Wildman–Crippen MR) is 126 cm³/mol. The summed E-state index contributed by atoms with van der Waals surface area (Å²) in [4.78, 5) is 12.5. The molecule has 0 aliphatic heterocycles. The molecule has 3 N–H and O–H groups in total. The van der Waals surface area contributed by atoms with Crippen molar-refractivity contribution in [3.8, 4) is 5.69 Å². The number of primary sulfonamides is 1. The Morgan fingerprint density at radius 2 is 1.66 bits per heavy atom. The highest BCUT2D eigenvalue weighted by Gasteiger charge is 2.12. The fourth-order valence-corrected chi connectivity index (χ4v) is 4.17. The molecular formula is C24H22N4O3S. The van der Waals surface area contributed by atoms with Crippen molar-refractivity contribution < 1.29 is 13.2 Å². The Hall–Kier alpha value is -3.75. The van der Waals surface area contributed by atoms with Gasteiger partial charge in [0, 0.05) is 28.2 Å². The van der Waals surface area contributed by atoms with Crippen molar-refractivity contribution in [2.24, 2.45) is 10.2 Å². The van der Waals surface area contributed by atoms with Crippen molar-refractivity contribution in [3.63, 3.8) is 0 Å². The highest BCUT2D eigenvalue weighted by molar-refractivity contribution is 7.89. The van der Waals surface area contributed by atoms with Crippen LogP contribution in [0.2, 0.25) is 0 Å². The number of sulfonamides is 1. The number of nitrogens with two attached hydrogens (primary N) is 1. The molecule has 1 heterocycles. The number of carbonyl (C=O) groups is 1. The first-order chi connectivity index (χ1) is 15.2. The molecular weight excluding hydrogens is 424 g/mol. The number of aryl methyl sites for hydroxylation is 1. The molecule has 0 atom stereocenters. The number of hydrogen-bond donors (Lipinski definition) is 2. The Morgan fingerprint density at radius 3 is 2.34 bits per heavy atom. The summed E-state index contributed by atoms with van der Waals surface area (Å²) in [6.07, 6.45) is 1.59. The molecule has 1 amide bonds. The van der Waals surface area contributed by atoms with Crippen LogP contribution in [0.4, 0.5) is 0 Å². The number of aromatic nitrogens is 1. The molecule has 0 unspecified atom stereocenters. The van der Waals surface area contributed by atoms with Gasteiger partial charge in [-0.05, 0) is 67.1 Å². The fourth-order valence-electron chi connectivity index (χ4n) is 3.66. The standard InChI is InChI=1S/C24H22N4O3S/c1-16-13-21(17(2)28(16)22-9-11-23(12-10-22)32(25,30)31)15-26-27-24(29)20-8-7-18-5-3-4-6-19(18)14-20/h3-15H,1-2H3,(H,27,29)(H2,25,30,31)/b26-15+. The van der Waals surface area contributed by atoms with Crippen molar-refractivity contribution in [1.29, 1.82) is 0 Å². The molecule has 1 aromatic heterocycles. The van der Waals surface area contributed by atoms with Crippen LogP contribution in [0.15, 0.2) is 82.8 Å². The van der Waals surface area contributed by atoms with Crippen LogP contribution in [-0.2, 0) is 10.0 Å². The minimum Gasteiger partial charge on any atom is -0.318 e. The van der Waals surface area contributed by atoms with Crippen LogP contribution >= 0.6 is 0 Å². The minimum absolute atomic E-state index is 0.0573. The molecule has 7 nitrogen and oxygen atoms in total. The van der Waals surface area contributed by atoms with E-state index in [0.29, 0.717) is 5.56 Å². The quantitative estimate of drug-likeness (QED) is 0.361.